The minimum Gasteiger partial charge on any atom is -0.348 e. The molecule has 1 aromatic carbocycles. The number of piperidine rings is 1. The molecular weight excluding hydrogens is 344 g/mol. The number of amides is 1. The van der Waals surface area contributed by atoms with E-state index in [0.717, 1.165) is 37.1 Å². The van der Waals surface area contributed by atoms with Crippen molar-refractivity contribution in [2.24, 2.45) is 5.41 Å². The van der Waals surface area contributed by atoms with Crippen LogP contribution in [0.4, 0.5) is 13.9 Å². The van der Waals surface area contributed by atoms with Crippen molar-refractivity contribution in [2.75, 3.05) is 24.5 Å². The summed E-state index contributed by atoms with van der Waals surface area (Å²) >= 11 is 1.63. The van der Waals surface area contributed by atoms with Crippen LogP contribution in [0.15, 0.2) is 29.8 Å². The van der Waals surface area contributed by atoms with Gasteiger partial charge in [0.15, 0.2) is 5.13 Å². The third-order valence-corrected chi connectivity index (χ3v) is 6.05. The van der Waals surface area contributed by atoms with Crippen LogP contribution in [-0.4, -0.2) is 35.4 Å². The highest BCUT2D eigenvalue weighted by Gasteiger charge is 2.45. The summed E-state index contributed by atoms with van der Waals surface area (Å²) in [6, 6.07) is 3.45. The highest BCUT2D eigenvalue weighted by Crippen LogP contribution is 2.42. The van der Waals surface area contributed by atoms with Crippen LogP contribution >= 0.6 is 11.3 Å². The number of carbonyl (C=O) groups excluding carboxylic acids is 1. The summed E-state index contributed by atoms with van der Waals surface area (Å²) in [6.07, 6.45) is 4.21. The molecule has 2 aromatic rings. The molecule has 1 spiro atoms. The Morgan fingerprint density at radius 2 is 1.88 bits per heavy atom. The molecule has 0 saturated carbocycles. The number of halogens is 2. The van der Waals surface area contributed by atoms with Crippen molar-refractivity contribution in [1.82, 2.24) is 9.88 Å². The van der Waals surface area contributed by atoms with E-state index in [2.05, 4.69) is 9.88 Å². The molecule has 0 N–H and O–H groups in total. The maximum absolute atomic E-state index is 13.4. The summed E-state index contributed by atoms with van der Waals surface area (Å²) in [7, 11) is 0. The first kappa shape index (κ1) is 16.4. The fraction of sp³-hybridized carbons (Fsp3) is 0.444. The van der Waals surface area contributed by atoms with Crippen LogP contribution in [0.5, 0.6) is 0 Å². The van der Waals surface area contributed by atoms with E-state index < -0.39 is 11.6 Å². The Hall–Kier alpha value is -2.02. The molecule has 2 fully saturated rings. The molecule has 3 heterocycles. The number of hydrogen-bond donors (Lipinski definition) is 0. The first-order valence-corrected chi connectivity index (χ1v) is 9.28. The Balaban J connectivity index is 1.42. The van der Waals surface area contributed by atoms with E-state index in [9.17, 15) is 13.6 Å². The summed E-state index contributed by atoms with van der Waals surface area (Å²) in [5.74, 6) is -1.13. The molecule has 0 atom stereocenters. The lowest BCUT2D eigenvalue weighted by molar-refractivity contribution is -0.128. The second-order valence-corrected chi connectivity index (χ2v) is 7.88. The summed E-state index contributed by atoms with van der Waals surface area (Å²) in [6.45, 7) is 2.72. The molecule has 132 valence electrons. The molecule has 7 heteroatoms. The highest BCUT2D eigenvalue weighted by atomic mass is 32.1. The molecule has 0 aliphatic carbocycles. The van der Waals surface area contributed by atoms with Gasteiger partial charge in [-0.1, -0.05) is 0 Å². The van der Waals surface area contributed by atoms with Crippen LogP contribution in [0.3, 0.4) is 0 Å². The molecule has 1 amide bonds. The van der Waals surface area contributed by atoms with E-state index in [1.54, 1.807) is 16.2 Å². The third-order valence-electron chi connectivity index (χ3n) is 5.21. The Kier molecular flexibility index (Phi) is 4.19. The lowest BCUT2D eigenvalue weighted by Crippen LogP contribution is -2.41. The summed E-state index contributed by atoms with van der Waals surface area (Å²) in [5.41, 5.74) is 0.486. The Labute approximate surface area is 149 Å². The molecule has 2 aliphatic rings. The molecule has 0 bridgehead atoms. The van der Waals surface area contributed by atoms with Crippen molar-refractivity contribution < 1.29 is 13.6 Å². The van der Waals surface area contributed by atoms with E-state index >= 15 is 0 Å². The summed E-state index contributed by atoms with van der Waals surface area (Å²) in [5, 5.41) is 3.00. The predicted molar refractivity (Wildman–Crippen MR) is 92.4 cm³/mol. The number of anilines is 1. The van der Waals surface area contributed by atoms with E-state index in [-0.39, 0.29) is 17.9 Å². The molecule has 1 aromatic heterocycles. The first-order valence-electron chi connectivity index (χ1n) is 8.40. The average molecular weight is 363 g/mol. The number of aromatic nitrogens is 1. The zero-order chi connectivity index (χ0) is 17.4. The normalized spacial score (nSPS) is 19.8. The van der Waals surface area contributed by atoms with Gasteiger partial charge in [-0.05, 0) is 30.5 Å². The number of rotatable bonds is 3. The molecule has 0 unspecified atom stereocenters. The fourth-order valence-electron chi connectivity index (χ4n) is 3.93. The zero-order valence-electron chi connectivity index (χ0n) is 13.8. The van der Waals surface area contributed by atoms with Crippen LogP contribution in [0, 0.1) is 17.0 Å². The number of nitrogens with zero attached hydrogens (tertiary/aromatic N) is 3. The molecule has 2 saturated heterocycles. The van der Waals surface area contributed by atoms with Crippen LogP contribution in [-0.2, 0) is 11.3 Å². The zero-order valence-corrected chi connectivity index (χ0v) is 14.6. The molecular formula is C18H19F2N3OS. The highest BCUT2D eigenvalue weighted by molar-refractivity contribution is 7.13. The predicted octanol–water partition coefficient (Wildman–Crippen LogP) is 3.44. The smallest absolute Gasteiger partial charge is 0.223 e. The van der Waals surface area contributed by atoms with Gasteiger partial charge in [-0.3, -0.25) is 4.79 Å². The maximum Gasteiger partial charge on any atom is 0.223 e. The van der Waals surface area contributed by atoms with Crippen molar-refractivity contribution in [3.8, 4) is 0 Å². The lowest BCUT2D eigenvalue weighted by Gasteiger charge is -2.38. The van der Waals surface area contributed by atoms with Gasteiger partial charge in [0, 0.05) is 55.7 Å². The molecule has 2 aliphatic heterocycles. The monoisotopic (exact) mass is 363 g/mol. The first-order chi connectivity index (χ1) is 12.0. The van der Waals surface area contributed by atoms with Gasteiger partial charge >= 0.3 is 0 Å². The Bertz CT molecular complexity index is 752. The SMILES string of the molecule is O=C1CC2(CCN(c3nccs3)CC2)CN1Cc1cc(F)cc(F)c1. The average Bonchev–Trinajstić information content (AvgIpc) is 3.17. The van der Waals surface area contributed by atoms with Crippen LogP contribution in [0.25, 0.3) is 0 Å². The van der Waals surface area contributed by atoms with Crippen LogP contribution in [0.2, 0.25) is 0 Å². The van der Waals surface area contributed by atoms with Crippen molar-refractivity contribution >= 4 is 22.4 Å². The van der Waals surface area contributed by atoms with Gasteiger partial charge in [0.1, 0.15) is 11.6 Å². The van der Waals surface area contributed by atoms with E-state index in [1.807, 2.05) is 11.6 Å². The number of hydrogen-bond acceptors (Lipinski definition) is 4. The largest absolute Gasteiger partial charge is 0.348 e. The van der Waals surface area contributed by atoms with Gasteiger partial charge in [0.05, 0.1) is 0 Å². The number of thiazole rings is 1. The number of benzene rings is 1. The van der Waals surface area contributed by atoms with E-state index in [1.165, 1.54) is 12.1 Å². The van der Waals surface area contributed by atoms with Gasteiger partial charge in [-0.2, -0.15) is 0 Å². The van der Waals surface area contributed by atoms with E-state index in [4.69, 9.17) is 0 Å². The van der Waals surface area contributed by atoms with Gasteiger partial charge < -0.3 is 9.80 Å². The molecule has 25 heavy (non-hydrogen) atoms. The van der Waals surface area contributed by atoms with Crippen LogP contribution in [0.1, 0.15) is 24.8 Å². The van der Waals surface area contributed by atoms with Gasteiger partial charge in [-0.15, -0.1) is 11.3 Å². The summed E-state index contributed by atoms with van der Waals surface area (Å²) in [4.78, 5) is 20.8. The molecule has 4 rings (SSSR count). The summed E-state index contributed by atoms with van der Waals surface area (Å²) < 4.78 is 26.7. The topological polar surface area (TPSA) is 36.4 Å². The van der Waals surface area contributed by atoms with Gasteiger partial charge in [0.2, 0.25) is 5.91 Å². The Morgan fingerprint density at radius 3 is 2.52 bits per heavy atom. The molecule has 4 nitrogen and oxygen atoms in total. The second-order valence-electron chi connectivity index (χ2n) is 7.01. The van der Waals surface area contributed by atoms with Crippen molar-refractivity contribution in [3.63, 3.8) is 0 Å². The van der Waals surface area contributed by atoms with Gasteiger partial charge in [0.25, 0.3) is 0 Å². The molecule has 0 radical (unpaired) electrons. The quantitative estimate of drug-likeness (QED) is 0.838. The van der Waals surface area contributed by atoms with Crippen molar-refractivity contribution in [3.05, 3.63) is 47.0 Å². The number of likely N-dealkylation sites (tertiary alicyclic amines) is 1. The third kappa shape index (κ3) is 3.38. The fourth-order valence-corrected chi connectivity index (χ4v) is 4.62. The van der Waals surface area contributed by atoms with Crippen LogP contribution < -0.4 is 4.90 Å². The second kappa shape index (κ2) is 6.37. The van der Waals surface area contributed by atoms with E-state index in [0.29, 0.717) is 18.5 Å². The van der Waals surface area contributed by atoms with Crippen molar-refractivity contribution in [1.29, 1.82) is 0 Å². The maximum atomic E-state index is 13.4. The lowest BCUT2D eigenvalue weighted by atomic mass is 9.78. The number of carbonyl (C=O) groups is 1. The minimum atomic E-state index is -0.604. The Morgan fingerprint density at radius 1 is 1.16 bits per heavy atom. The standard InChI is InChI=1S/C18H19F2N3OS/c19-14-7-13(8-15(20)9-14)11-23-12-18(10-16(23)24)1-4-22(5-2-18)17-21-3-6-25-17/h3,6-9H,1-2,4-5,10-12H2. The van der Waals surface area contributed by atoms with Crippen molar-refractivity contribution in [2.45, 2.75) is 25.8 Å². The van der Waals surface area contributed by atoms with Gasteiger partial charge in [-0.25, -0.2) is 13.8 Å². The minimum absolute atomic E-state index is 0.0172.